The van der Waals surface area contributed by atoms with E-state index < -0.39 is 0 Å². The number of carbonyl (C=O) groups excluding carboxylic acids is 1. The van der Waals surface area contributed by atoms with E-state index in [4.69, 9.17) is 4.74 Å². The number of amides is 1. The molecule has 1 N–H and O–H groups in total. The summed E-state index contributed by atoms with van der Waals surface area (Å²) in [5.41, 5.74) is 5.67. The molecule has 3 aliphatic rings. The molecule has 1 atom stereocenters. The highest BCUT2D eigenvalue weighted by molar-refractivity contribution is 5.79. The molecule has 140 valence electrons. The molecule has 0 radical (unpaired) electrons. The fraction of sp³-hybridized carbons (Fsp3) is 0.458. The van der Waals surface area contributed by atoms with Gasteiger partial charge >= 0.3 is 6.09 Å². The number of rotatable bonds is 4. The third-order valence-electron chi connectivity index (χ3n) is 7.20. The Morgan fingerprint density at radius 3 is 2.22 bits per heavy atom. The average Bonchev–Trinajstić information content (AvgIpc) is 2.91. The van der Waals surface area contributed by atoms with E-state index in [1.165, 1.54) is 54.4 Å². The van der Waals surface area contributed by atoms with Crippen molar-refractivity contribution in [3.05, 3.63) is 59.7 Å². The highest BCUT2D eigenvalue weighted by atomic mass is 16.5. The Labute approximate surface area is 161 Å². The van der Waals surface area contributed by atoms with Gasteiger partial charge in [0, 0.05) is 12.0 Å². The quantitative estimate of drug-likeness (QED) is 0.781. The first kappa shape index (κ1) is 16.9. The summed E-state index contributed by atoms with van der Waals surface area (Å²) in [6.45, 7) is 2.51. The molecule has 0 bridgehead atoms. The van der Waals surface area contributed by atoms with Crippen LogP contribution in [0, 0.1) is 11.3 Å². The minimum atomic E-state index is -0.279. The molecule has 1 unspecified atom stereocenters. The summed E-state index contributed by atoms with van der Waals surface area (Å²) in [5, 5.41) is 3.08. The number of hydrogen-bond donors (Lipinski definition) is 1. The lowest BCUT2D eigenvalue weighted by Gasteiger charge is -2.55. The van der Waals surface area contributed by atoms with Crippen LogP contribution >= 0.6 is 0 Å². The van der Waals surface area contributed by atoms with Crippen molar-refractivity contribution in [3.8, 4) is 11.1 Å². The summed E-state index contributed by atoms with van der Waals surface area (Å²) in [7, 11) is 0. The van der Waals surface area contributed by atoms with Crippen LogP contribution in [-0.2, 0) is 4.74 Å². The van der Waals surface area contributed by atoms with Crippen molar-refractivity contribution in [2.75, 3.05) is 6.61 Å². The highest BCUT2D eigenvalue weighted by Gasteiger charge is 2.49. The molecule has 3 aliphatic carbocycles. The summed E-state index contributed by atoms with van der Waals surface area (Å²) in [6, 6.07) is 17.1. The van der Waals surface area contributed by atoms with Crippen LogP contribution in [0.15, 0.2) is 48.5 Å². The van der Waals surface area contributed by atoms with E-state index >= 15 is 0 Å². The average molecular weight is 361 g/mol. The lowest BCUT2D eigenvalue weighted by molar-refractivity contribution is -0.0372. The van der Waals surface area contributed by atoms with Crippen molar-refractivity contribution in [2.24, 2.45) is 11.3 Å². The van der Waals surface area contributed by atoms with E-state index in [2.05, 4.69) is 60.8 Å². The van der Waals surface area contributed by atoms with Gasteiger partial charge in [0.05, 0.1) is 0 Å². The van der Waals surface area contributed by atoms with Gasteiger partial charge in [-0.2, -0.15) is 0 Å². The lowest BCUT2D eigenvalue weighted by Crippen LogP contribution is -2.51. The molecule has 0 heterocycles. The molecular formula is C24H27NO2. The van der Waals surface area contributed by atoms with Gasteiger partial charge in [0.25, 0.3) is 0 Å². The van der Waals surface area contributed by atoms with Gasteiger partial charge in [0.2, 0.25) is 0 Å². The molecule has 0 saturated heterocycles. The minimum absolute atomic E-state index is 0.125. The van der Waals surface area contributed by atoms with Crippen LogP contribution in [0.2, 0.25) is 0 Å². The van der Waals surface area contributed by atoms with Crippen molar-refractivity contribution >= 4 is 6.09 Å². The zero-order valence-electron chi connectivity index (χ0n) is 15.9. The third kappa shape index (κ3) is 2.84. The number of ether oxygens (including phenoxy) is 1. The van der Waals surface area contributed by atoms with Crippen LogP contribution in [0.1, 0.15) is 56.1 Å². The maximum atomic E-state index is 12.4. The summed E-state index contributed by atoms with van der Waals surface area (Å²) in [4.78, 5) is 12.4. The summed E-state index contributed by atoms with van der Waals surface area (Å²) in [6.07, 6.45) is 6.44. The summed E-state index contributed by atoms with van der Waals surface area (Å²) in [5.74, 6) is 0.742. The zero-order valence-corrected chi connectivity index (χ0v) is 15.9. The Balaban J connectivity index is 1.21. The van der Waals surface area contributed by atoms with Crippen LogP contribution in [0.5, 0.6) is 0 Å². The maximum absolute atomic E-state index is 12.4. The third-order valence-corrected chi connectivity index (χ3v) is 7.20. The van der Waals surface area contributed by atoms with Crippen LogP contribution in [0.4, 0.5) is 4.79 Å². The van der Waals surface area contributed by atoms with Gasteiger partial charge in [-0.05, 0) is 66.2 Å². The maximum Gasteiger partial charge on any atom is 0.407 e. The normalized spacial score (nSPS) is 20.9. The molecule has 2 aromatic carbocycles. The fourth-order valence-corrected chi connectivity index (χ4v) is 5.43. The first-order chi connectivity index (χ1) is 13.2. The van der Waals surface area contributed by atoms with Crippen molar-refractivity contribution in [1.82, 2.24) is 5.32 Å². The van der Waals surface area contributed by atoms with Gasteiger partial charge in [-0.1, -0.05) is 55.0 Å². The molecule has 2 saturated carbocycles. The van der Waals surface area contributed by atoms with E-state index in [1.54, 1.807) is 0 Å². The van der Waals surface area contributed by atoms with Crippen molar-refractivity contribution < 1.29 is 9.53 Å². The highest BCUT2D eigenvalue weighted by Crippen LogP contribution is 2.59. The minimum Gasteiger partial charge on any atom is -0.449 e. The largest absolute Gasteiger partial charge is 0.449 e. The van der Waals surface area contributed by atoms with E-state index in [0.29, 0.717) is 17.9 Å². The molecule has 2 aromatic rings. The Kier molecular flexibility index (Phi) is 3.99. The van der Waals surface area contributed by atoms with Gasteiger partial charge in [-0.3, -0.25) is 0 Å². The molecule has 1 amide bonds. The van der Waals surface area contributed by atoms with Crippen molar-refractivity contribution in [1.29, 1.82) is 0 Å². The van der Waals surface area contributed by atoms with Crippen molar-refractivity contribution in [2.45, 2.75) is 51.0 Å². The monoisotopic (exact) mass is 361 g/mol. The lowest BCUT2D eigenvalue weighted by atomic mass is 9.50. The topological polar surface area (TPSA) is 38.3 Å². The molecule has 2 fully saturated rings. The van der Waals surface area contributed by atoms with Crippen LogP contribution < -0.4 is 5.32 Å². The van der Waals surface area contributed by atoms with E-state index in [1.807, 2.05) is 0 Å². The molecule has 0 aromatic heterocycles. The predicted octanol–water partition coefficient (Wildman–Crippen LogP) is 5.49. The van der Waals surface area contributed by atoms with Gasteiger partial charge in [0.1, 0.15) is 6.61 Å². The Hall–Kier alpha value is -2.29. The first-order valence-electron chi connectivity index (χ1n) is 10.3. The molecular weight excluding hydrogens is 334 g/mol. The van der Waals surface area contributed by atoms with Gasteiger partial charge in [0.15, 0.2) is 0 Å². The van der Waals surface area contributed by atoms with Gasteiger partial charge < -0.3 is 10.1 Å². The number of alkyl carbamates (subject to hydrolysis) is 1. The molecule has 27 heavy (non-hydrogen) atoms. The van der Waals surface area contributed by atoms with Gasteiger partial charge in [-0.25, -0.2) is 4.79 Å². The summed E-state index contributed by atoms with van der Waals surface area (Å²) < 4.78 is 5.67. The van der Waals surface area contributed by atoms with E-state index in [9.17, 15) is 4.79 Å². The number of hydrogen-bond acceptors (Lipinski definition) is 2. The predicted molar refractivity (Wildman–Crippen MR) is 107 cm³/mol. The van der Waals surface area contributed by atoms with Crippen LogP contribution in [0.25, 0.3) is 11.1 Å². The zero-order chi connectivity index (χ0) is 18.4. The summed E-state index contributed by atoms with van der Waals surface area (Å²) >= 11 is 0. The van der Waals surface area contributed by atoms with E-state index in [0.717, 1.165) is 0 Å². The van der Waals surface area contributed by atoms with Gasteiger partial charge in [-0.15, -0.1) is 0 Å². The SMILES string of the molecule is CC(NC(=O)OCC1c2ccccc2-c2ccccc21)C1CC2(CCC2)C1. The second kappa shape index (κ2) is 6.40. The Bertz CT molecular complexity index is 817. The number of nitrogens with one attached hydrogen (secondary N) is 1. The van der Waals surface area contributed by atoms with Crippen molar-refractivity contribution in [3.63, 3.8) is 0 Å². The Morgan fingerprint density at radius 1 is 1.07 bits per heavy atom. The standard InChI is InChI=1S/C24H27NO2/c1-16(17-13-24(14-17)11-6-12-24)25-23(26)27-15-22-20-9-4-2-7-18(20)19-8-3-5-10-21(19)22/h2-5,7-10,16-17,22H,6,11-15H2,1H3,(H,25,26). The van der Waals surface area contributed by atoms with E-state index in [-0.39, 0.29) is 18.1 Å². The van der Waals surface area contributed by atoms with Crippen LogP contribution in [0.3, 0.4) is 0 Å². The second-order valence-electron chi connectivity index (χ2n) is 8.78. The molecule has 3 nitrogen and oxygen atoms in total. The Morgan fingerprint density at radius 2 is 1.67 bits per heavy atom. The molecule has 1 spiro atoms. The molecule has 0 aliphatic heterocycles. The molecule has 5 rings (SSSR count). The number of fused-ring (bicyclic) bond motifs is 3. The first-order valence-corrected chi connectivity index (χ1v) is 10.3. The number of carbonyl (C=O) groups is 1. The second-order valence-corrected chi connectivity index (χ2v) is 8.78. The van der Waals surface area contributed by atoms with Crippen LogP contribution in [-0.4, -0.2) is 18.7 Å². The smallest absolute Gasteiger partial charge is 0.407 e. The molecule has 3 heteroatoms. The number of benzene rings is 2. The fourth-order valence-electron chi connectivity index (χ4n) is 5.43.